The molecule has 1 N–H and O–H groups in total. The number of anilines is 1. The number of benzene rings is 1. The third kappa shape index (κ3) is 2.77. The van der Waals surface area contributed by atoms with Crippen LogP contribution in [0.4, 0.5) is 5.69 Å². The average molecular weight is 283 g/mol. The van der Waals surface area contributed by atoms with Crippen LogP contribution in [0.3, 0.4) is 0 Å². The van der Waals surface area contributed by atoms with Crippen LogP contribution in [0.1, 0.15) is 12.5 Å². The predicted octanol–water partition coefficient (Wildman–Crippen LogP) is 2.80. The first-order valence-electron chi connectivity index (χ1n) is 5.88. The Bertz CT molecular complexity index is 365. The first-order valence-corrected chi connectivity index (χ1v) is 6.68. The average Bonchev–Trinajstić information content (AvgIpc) is 2.43. The van der Waals surface area contributed by atoms with Crippen LogP contribution in [-0.2, 0) is 0 Å². The summed E-state index contributed by atoms with van der Waals surface area (Å²) in [7, 11) is 0. The van der Waals surface area contributed by atoms with Gasteiger partial charge >= 0.3 is 0 Å². The van der Waals surface area contributed by atoms with Crippen LogP contribution in [0.2, 0.25) is 0 Å². The molecule has 3 heteroatoms. The Labute approximate surface area is 106 Å². The lowest BCUT2D eigenvalue weighted by Crippen LogP contribution is -2.29. The molecule has 0 bridgehead atoms. The molecule has 1 aromatic carbocycles. The molecule has 2 nitrogen and oxygen atoms in total. The van der Waals surface area contributed by atoms with Crippen molar-refractivity contribution in [2.45, 2.75) is 13.8 Å². The van der Waals surface area contributed by atoms with Crippen LogP contribution in [0.5, 0.6) is 0 Å². The monoisotopic (exact) mass is 282 g/mol. The van der Waals surface area contributed by atoms with E-state index in [-0.39, 0.29) is 0 Å². The minimum absolute atomic E-state index is 0.713. The molecule has 1 aliphatic heterocycles. The second kappa shape index (κ2) is 5.19. The van der Waals surface area contributed by atoms with Gasteiger partial charge in [-0.1, -0.05) is 22.9 Å². The van der Waals surface area contributed by atoms with E-state index in [2.05, 4.69) is 58.2 Å². The molecule has 1 unspecified atom stereocenters. The van der Waals surface area contributed by atoms with Crippen LogP contribution in [-0.4, -0.2) is 26.2 Å². The Kier molecular flexibility index (Phi) is 3.87. The van der Waals surface area contributed by atoms with Crippen molar-refractivity contribution >= 4 is 21.6 Å². The summed E-state index contributed by atoms with van der Waals surface area (Å²) in [5.41, 5.74) is 2.72. The van der Waals surface area contributed by atoms with Crippen molar-refractivity contribution in [3.05, 3.63) is 28.2 Å². The molecule has 0 amide bonds. The highest BCUT2D eigenvalue weighted by molar-refractivity contribution is 9.10. The number of hydrogen-bond acceptors (Lipinski definition) is 2. The van der Waals surface area contributed by atoms with E-state index in [9.17, 15) is 0 Å². The van der Waals surface area contributed by atoms with Crippen molar-refractivity contribution < 1.29 is 0 Å². The van der Waals surface area contributed by atoms with Gasteiger partial charge in [0.2, 0.25) is 0 Å². The highest BCUT2D eigenvalue weighted by Gasteiger charge is 2.15. The number of hydrogen-bond donors (Lipinski definition) is 1. The van der Waals surface area contributed by atoms with Crippen molar-refractivity contribution in [2.75, 3.05) is 31.1 Å². The quantitative estimate of drug-likeness (QED) is 0.852. The minimum atomic E-state index is 0.713. The summed E-state index contributed by atoms with van der Waals surface area (Å²) in [5.74, 6) is 0.713. The summed E-state index contributed by atoms with van der Waals surface area (Å²) in [6.07, 6.45) is 0. The van der Waals surface area contributed by atoms with Gasteiger partial charge in [-0.2, -0.15) is 0 Å². The lowest BCUT2D eigenvalue weighted by atomic mass is 10.1. The molecule has 1 aliphatic rings. The van der Waals surface area contributed by atoms with Gasteiger partial charge in [-0.15, -0.1) is 0 Å². The summed E-state index contributed by atoms with van der Waals surface area (Å²) in [5, 5.41) is 3.48. The SMILES string of the molecule is Cc1cc(Br)ccc1N1CCNCC(C)C1. The molecule has 1 aromatic rings. The molecule has 0 aliphatic carbocycles. The zero-order valence-corrected chi connectivity index (χ0v) is 11.5. The Morgan fingerprint density at radius 1 is 1.44 bits per heavy atom. The summed E-state index contributed by atoms with van der Waals surface area (Å²) in [6, 6.07) is 6.54. The third-order valence-electron chi connectivity index (χ3n) is 3.08. The number of nitrogens with zero attached hydrogens (tertiary/aromatic N) is 1. The van der Waals surface area contributed by atoms with Crippen molar-refractivity contribution in [3.8, 4) is 0 Å². The minimum Gasteiger partial charge on any atom is -0.370 e. The molecule has 1 fully saturated rings. The van der Waals surface area contributed by atoms with Gasteiger partial charge in [0.25, 0.3) is 0 Å². The molecule has 88 valence electrons. The lowest BCUT2D eigenvalue weighted by Gasteiger charge is -2.26. The maximum atomic E-state index is 3.52. The Morgan fingerprint density at radius 3 is 3.00 bits per heavy atom. The van der Waals surface area contributed by atoms with Gasteiger partial charge in [0.05, 0.1) is 0 Å². The van der Waals surface area contributed by atoms with Crippen molar-refractivity contribution in [1.82, 2.24) is 5.32 Å². The van der Waals surface area contributed by atoms with E-state index >= 15 is 0 Å². The molecule has 16 heavy (non-hydrogen) atoms. The summed E-state index contributed by atoms with van der Waals surface area (Å²) in [4.78, 5) is 2.49. The highest BCUT2D eigenvalue weighted by atomic mass is 79.9. The fourth-order valence-electron chi connectivity index (χ4n) is 2.29. The number of rotatable bonds is 1. The van der Waals surface area contributed by atoms with Crippen LogP contribution in [0.25, 0.3) is 0 Å². The molecule has 1 saturated heterocycles. The normalized spacial score (nSPS) is 21.9. The number of halogens is 1. The zero-order chi connectivity index (χ0) is 11.5. The Balaban J connectivity index is 2.21. The van der Waals surface area contributed by atoms with Gasteiger partial charge in [0.1, 0.15) is 0 Å². The van der Waals surface area contributed by atoms with Crippen molar-refractivity contribution in [3.63, 3.8) is 0 Å². The Hall–Kier alpha value is -0.540. The first kappa shape index (κ1) is 11.9. The lowest BCUT2D eigenvalue weighted by molar-refractivity contribution is 0.564. The van der Waals surface area contributed by atoms with E-state index in [1.807, 2.05) is 0 Å². The van der Waals surface area contributed by atoms with Gasteiger partial charge in [-0.25, -0.2) is 0 Å². The van der Waals surface area contributed by atoms with E-state index in [1.165, 1.54) is 11.3 Å². The summed E-state index contributed by atoms with van der Waals surface area (Å²) in [6.45, 7) is 8.96. The third-order valence-corrected chi connectivity index (χ3v) is 3.58. The van der Waals surface area contributed by atoms with Crippen LogP contribution in [0.15, 0.2) is 22.7 Å². The van der Waals surface area contributed by atoms with Crippen LogP contribution >= 0.6 is 15.9 Å². The molecule has 0 saturated carbocycles. The molecule has 2 rings (SSSR count). The van der Waals surface area contributed by atoms with Gasteiger partial charge in [0.15, 0.2) is 0 Å². The molecule has 0 spiro atoms. The van der Waals surface area contributed by atoms with E-state index in [4.69, 9.17) is 0 Å². The zero-order valence-electron chi connectivity index (χ0n) is 9.96. The van der Waals surface area contributed by atoms with Gasteiger partial charge in [0, 0.05) is 29.8 Å². The largest absolute Gasteiger partial charge is 0.370 e. The predicted molar refractivity (Wildman–Crippen MR) is 73.1 cm³/mol. The first-order chi connectivity index (χ1) is 7.66. The highest BCUT2D eigenvalue weighted by Crippen LogP contribution is 2.24. The second-order valence-electron chi connectivity index (χ2n) is 4.69. The maximum absolute atomic E-state index is 3.52. The summed E-state index contributed by atoms with van der Waals surface area (Å²) < 4.78 is 1.16. The molecule has 0 radical (unpaired) electrons. The van der Waals surface area contributed by atoms with Crippen molar-refractivity contribution in [2.24, 2.45) is 5.92 Å². The number of nitrogens with one attached hydrogen (secondary N) is 1. The molecule has 1 atom stereocenters. The van der Waals surface area contributed by atoms with Gasteiger partial charge < -0.3 is 10.2 Å². The molecular weight excluding hydrogens is 264 g/mol. The van der Waals surface area contributed by atoms with Crippen LogP contribution in [0, 0.1) is 12.8 Å². The summed E-state index contributed by atoms with van der Waals surface area (Å²) >= 11 is 3.52. The smallest absolute Gasteiger partial charge is 0.0397 e. The van der Waals surface area contributed by atoms with Crippen LogP contribution < -0.4 is 10.2 Å². The number of aryl methyl sites for hydroxylation is 1. The van der Waals surface area contributed by atoms with E-state index in [0.717, 1.165) is 30.7 Å². The fourth-order valence-corrected chi connectivity index (χ4v) is 2.76. The topological polar surface area (TPSA) is 15.3 Å². The molecule has 1 heterocycles. The second-order valence-corrected chi connectivity index (χ2v) is 5.60. The van der Waals surface area contributed by atoms with Gasteiger partial charge in [-0.3, -0.25) is 0 Å². The van der Waals surface area contributed by atoms with E-state index in [0.29, 0.717) is 5.92 Å². The van der Waals surface area contributed by atoms with E-state index < -0.39 is 0 Å². The van der Waals surface area contributed by atoms with E-state index in [1.54, 1.807) is 0 Å². The van der Waals surface area contributed by atoms with Gasteiger partial charge in [-0.05, 0) is 43.1 Å². The van der Waals surface area contributed by atoms with Crippen molar-refractivity contribution in [1.29, 1.82) is 0 Å². The maximum Gasteiger partial charge on any atom is 0.0397 e. The standard InChI is InChI=1S/C13H19BrN2/c1-10-8-15-5-6-16(9-10)13-4-3-12(14)7-11(13)2/h3-4,7,10,15H,5-6,8-9H2,1-2H3. The Morgan fingerprint density at radius 2 is 2.25 bits per heavy atom. The fraction of sp³-hybridized carbons (Fsp3) is 0.538. The molecule has 0 aromatic heterocycles. The molecular formula is C13H19BrN2.